The number of amides is 2. The monoisotopic (exact) mass is 313 g/mol. The summed E-state index contributed by atoms with van der Waals surface area (Å²) in [6.07, 6.45) is 5.86. The van der Waals surface area contributed by atoms with Gasteiger partial charge in [-0.25, -0.2) is 4.79 Å². The first-order valence-electron chi connectivity index (χ1n) is 8.24. The zero-order valence-electron chi connectivity index (χ0n) is 13.7. The summed E-state index contributed by atoms with van der Waals surface area (Å²) in [5, 5.41) is 9.93. The normalized spacial score (nSPS) is 15.4. The minimum Gasteiger partial charge on any atom is -0.361 e. The quantitative estimate of drug-likeness (QED) is 0.882. The molecule has 5 nitrogen and oxygen atoms in total. The van der Waals surface area contributed by atoms with E-state index in [1.165, 1.54) is 19.3 Å². The highest BCUT2D eigenvalue weighted by atomic mass is 16.5. The number of nitrogens with one attached hydrogen (secondary N) is 2. The van der Waals surface area contributed by atoms with E-state index in [4.69, 9.17) is 4.52 Å². The van der Waals surface area contributed by atoms with Crippen LogP contribution in [-0.4, -0.2) is 17.2 Å². The van der Waals surface area contributed by atoms with Gasteiger partial charge in [0, 0.05) is 17.3 Å². The molecule has 122 valence electrons. The van der Waals surface area contributed by atoms with E-state index in [1.54, 1.807) is 0 Å². The summed E-state index contributed by atoms with van der Waals surface area (Å²) in [6.45, 7) is 3.83. The van der Waals surface area contributed by atoms with Gasteiger partial charge < -0.3 is 15.2 Å². The van der Waals surface area contributed by atoms with Crippen molar-refractivity contribution in [3.63, 3.8) is 0 Å². The van der Waals surface area contributed by atoms with Crippen molar-refractivity contribution in [2.45, 2.75) is 52.0 Å². The zero-order valence-corrected chi connectivity index (χ0v) is 13.7. The Bertz CT molecular complexity index is 651. The summed E-state index contributed by atoms with van der Waals surface area (Å²) < 4.78 is 5.20. The van der Waals surface area contributed by atoms with E-state index in [0.29, 0.717) is 6.04 Å². The van der Waals surface area contributed by atoms with Crippen molar-refractivity contribution in [3.05, 3.63) is 35.7 Å². The fraction of sp³-hybridized carbons (Fsp3) is 0.444. The minimum absolute atomic E-state index is 0.123. The van der Waals surface area contributed by atoms with Crippen LogP contribution in [0, 0.1) is 13.8 Å². The van der Waals surface area contributed by atoms with Crippen LogP contribution in [0.2, 0.25) is 0 Å². The van der Waals surface area contributed by atoms with Crippen molar-refractivity contribution >= 4 is 11.7 Å². The summed E-state index contributed by atoms with van der Waals surface area (Å²) in [7, 11) is 0. The van der Waals surface area contributed by atoms with Crippen LogP contribution in [0.4, 0.5) is 10.5 Å². The minimum atomic E-state index is -0.123. The molecule has 2 aromatic rings. The van der Waals surface area contributed by atoms with Crippen LogP contribution < -0.4 is 10.6 Å². The lowest BCUT2D eigenvalue weighted by Crippen LogP contribution is -2.38. The molecule has 0 spiro atoms. The molecular weight excluding hydrogens is 290 g/mol. The lowest BCUT2D eigenvalue weighted by Gasteiger charge is -2.22. The third-order valence-corrected chi connectivity index (χ3v) is 4.41. The highest BCUT2D eigenvalue weighted by molar-refractivity contribution is 5.89. The second-order valence-corrected chi connectivity index (χ2v) is 6.21. The molecule has 0 unspecified atom stereocenters. The van der Waals surface area contributed by atoms with E-state index < -0.39 is 0 Å². The number of urea groups is 1. The first-order valence-corrected chi connectivity index (χ1v) is 8.24. The topological polar surface area (TPSA) is 67.2 Å². The van der Waals surface area contributed by atoms with Crippen molar-refractivity contribution < 1.29 is 9.32 Å². The zero-order chi connectivity index (χ0) is 16.2. The summed E-state index contributed by atoms with van der Waals surface area (Å²) in [5.41, 5.74) is 3.72. The second kappa shape index (κ2) is 6.86. The fourth-order valence-corrected chi connectivity index (χ4v) is 3.21. The molecule has 1 aliphatic rings. The van der Waals surface area contributed by atoms with Crippen LogP contribution >= 0.6 is 0 Å². The average molecular weight is 313 g/mol. The number of nitrogens with zero attached hydrogens (tertiary/aromatic N) is 1. The van der Waals surface area contributed by atoms with Gasteiger partial charge in [0.2, 0.25) is 0 Å². The van der Waals surface area contributed by atoms with Gasteiger partial charge in [-0.2, -0.15) is 0 Å². The smallest absolute Gasteiger partial charge is 0.319 e. The standard InChI is InChI=1S/C18H23N3O2/c1-12-17(13(2)23-21-12)14-8-10-16(11-9-14)20-18(22)19-15-6-4-3-5-7-15/h8-11,15H,3-7H2,1-2H3,(H2,19,20,22). The Kier molecular flexibility index (Phi) is 4.65. The Hall–Kier alpha value is -2.30. The number of rotatable bonds is 3. The van der Waals surface area contributed by atoms with E-state index in [-0.39, 0.29) is 6.03 Å². The van der Waals surface area contributed by atoms with E-state index in [0.717, 1.165) is 41.1 Å². The maximum absolute atomic E-state index is 12.1. The molecule has 3 rings (SSSR count). The van der Waals surface area contributed by atoms with E-state index in [9.17, 15) is 4.79 Å². The van der Waals surface area contributed by atoms with Gasteiger partial charge in [-0.05, 0) is 44.4 Å². The van der Waals surface area contributed by atoms with Gasteiger partial charge >= 0.3 is 6.03 Å². The molecular formula is C18H23N3O2. The lowest BCUT2D eigenvalue weighted by atomic mass is 9.96. The first-order chi connectivity index (χ1) is 11.1. The molecule has 2 amide bonds. The number of hydrogen-bond acceptors (Lipinski definition) is 3. The second-order valence-electron chi connectivity index (χ2n) is 6.21. The summed E-state index contributed by atoms with van der Waals surface area (Å²) in [6, 6.07) is 7.95. The number of aromatic nitrogens is 1. The number of benzene rings is 1. The molecule has 1 aliphatic carbocycles. The van der Waals surface area contributed by atoms with Crippen LogP contribution in [-0.2, 0) is 0 Å². The SMILES string of the molecule is Cc1noc(C)c1-c1ccc(NC(=O)NC2CCCCC2)cc1. The number of anilines is 1. The third kappa shape index (κ3) is 3.73. The maximum Gasteiger partial charge on any atom is 0.319 e. The van der Waals surface area contributed by atoms with Crippen LogP contribution in [0.25, 0.3) is 11.1 Å². The molecule has 0 aliphatic heterocycles. The largest absolute Gasteiger partial charge is 0.361 e. The van der Waals surface area contributed by atoms with Crippen molar-refractivity contribution in [3.8, 4) is 11.1 Å². The molecule has 1 aromatic heterocycles. The van der Waals surface area contributed by atoms with Crippen LogP contribution in [0.1, 0.15) is 43.6 Å². The number of aryl methyl sites for hydroxylation is 2. The molecule has 0 atom stereocenters. The lowest BCUT2D eigenvalue weighted by molar-refractivity contribution is 0.244. The van der Waals surface area contributed by atoms with Crippen LogP contribution in [0.5, 0.6) is 0 Å². The highest BCUT2D eigenvalue weighted by Gasteiger charge is 2.16. The van der Waals surface area contributed by atoms with Crippen LogP contribution in [0.15, 0.2) is 28.8 Å². The fourth-order valence-electron chi connectivity index (χ4n) is 3.21. The Balaban J connectivity index is 1.62. The first kappa shape index (κ1) is 15.6. The Morgan fingerprint density at radius 3 is 2.43 bits per heavy atom. The van der Waals surface area contributed by atoms with Gasteiger partial charge in [0.1, 0.15) is 5.76 Å². The Morgan fingerprint density at radius 1 is 1.13 bits per heavy atom. The molecule has 1 fully saturated rings. The Morgan fingerprint density at radius 2 is 1.83 bits per heavy atom. The van der Waals surface area contributed by atoms with Gasteiger partial charge in [-0.3, -0.25) is 0 Å². The Labute approximate surface area is 136 Å². The van der Waals surface area contributed by atoms with Crippen molar-refractivity contribution in [1.82, 2.24) is 10.5 Å². The predicted octanol–water partition coefficient (Wildman–Crippen LogP) is 4.41. The van der Waals surface area contributed by atoms with E-state index >= 15 is 0 Å². The van der Waals surface area contributed by atoms with Gasteiger partial charge in [0.15, 0.2) is 0 Å². The maximum atomic E-state index is 12.1. The molecule has 1 aromatic carbocycles. The van der Waals surface area contributed by atoms with Crippen LogP contribution in [0.3, 0.4) is 0 Å². The number of hydrogen-bond donors (Lipinski definition) is 2. The summed E-state index contributed by atoms with van der Waals surface area (Å²) in [5.74, 6) is 0.804. The molecule has 2 N–H and O–H groups in total. The summed E-state index contributed by atoms with van der Waals surface area (Å²) in [4.78, 5) is 12.1. The number of carbonyl (C=O) groups excluding carboxylic acids is 1. The van der Waals surface area contributed by atoms with Gasteiger partial charge in [0.05, 0.1) is 5.69 Å². The predicted molar refractivity (Wildman–Crippen MR) is 90.4 cm³/mol. The van der Waals surface area contributed by atoms with Gasteiger partial charge in [-0.1, -0.05) is 36.6 Å². The van der Waals surface area contributed by atoms with Gasteiger partial charge in [-0.15, -0.1) is 0 Å². The molecule has 5 heteroatoms. The average Bonchev–Trinajstić information content (AvgIpc) is 2.88. The molecule has 23 heavy (non-hydrogen) atoms. The molecule has 1 saturated carbocycles. The van der Waals surface area contributed by atoms with Crippen molar-refractivity contribution in [1.29, 1.82) is 0 Å². The molecule has 1 heterocycles. The molecule has 0 radical (unpaired) electrons. The van der Waals surface area contributed by atoms with Crippen molar-refractivity contribution in [2.24, 2.45) is 0 Å². The van der Waals surface area contributed by atoms with Gasteiger partial charge in [0.25, 0.3) is 0 Å². The van der Waals surface area contributed by atoms with E-state index in [1.807, 2.05) is 38.1 Å². The van der Waals surface area contributed by atoms with Crippen molar-refractivity contribution in [2.75, 3.05) is 5.32 Å². The number of carbonyl (C=O) groups is 1. The molecule has 0 saturated heterocycles. The highest BCUT2D eigenvalue weighted by Crippen LogP contribution is 2.27. The molecule has 0 bridgehead atoms. The van der Waals surface area contributed by atoms with E-state index in [2.05, 4.69) is 15.8 Å². The third-order valence-electron chi connectivity index (χ3n) is 4.41. The summed E-state index contributed by atoms with van der Waals surface area (Å²) >= 11 is 0.